The minimum absolute atomic E-state index is 0.0338. The monoisotopic (exact) mass is 372 g/mol. The first kappa shape index (κ1) is 18.6. The fourth-order valence-corrected chi connectivity index (χ4v) is 4.24. The molecule has 5 nitrogen and oxygen atoms in total. The molecule has 0 spiro atoms. The highest BCUT2D eigenvalue weighted by molar-refractivity contribution is 7.10. The number of piperidine rings is 1. The van der Waals surface area contributed by atoms with Gasteiger partial charge in [0, 0.05) is 23.0 Å². The van der Waals surface area contributed by atoms with Gasteiger partial charge in [-0.05, 0) is 43.8 Å². The number of carbonyl (C=O) groups excluding carboxylic acids is 2. The lowest BCUT2D eigenvalue weighted by molar-refractivity contribution is -0.130. The summed E-state index contributed by atoms with van der Waals surface area (Å²) in [6.07, 6.45) is 0.842. The first-order valence-corrected chi connectivity index (χ1v) is 9.72. The van der Waals surface area contributed by atoms with Gasteiger partial charge in [-0.25, -0.2) is 0 Å². The van der Waals surface area contributed by atoms with Gasteiger partial charge in [0.15, 0.2) is 0 Å². The summed E-state index contributed by atoms with van der Waals surface area (Å²) in [6, 6.07) is 11.1. The van der Waals surface area contributed by atoms with Gasteiger partial charge in [0.05, 0.1) is 18.6 Å². The average molecular weight is 372 g/mol. The van der Waals surface area contributed by atoms with Crippen molar-refractivity contribution in [3.63, 3.8) is 0 Å². The number of nitrogens with one attached hydrogen (secondary N) is 1. The molecule has 1 aromatic carbocycles. The summed E-state index contributed by atoms with van der Waals surface area (Å²) in [6.45, 7) is 3.66. The van der Waals surface area contributed by atoms with Crippen molar-refractivity contribution < 1.29 is 14.7 Å². The van der Waals surface area contributed by atoms with Gasteiger partial charge in [0.2, 0.25) is 11.8 Å². The number of hydrogen-bond donors (Lipinski definition) is 2. The zero-order valence-electron chi connectivity index (χ0n) is 15.0. The highest BCUT2D eigenvalue weighted by Crippen LogP contribution is 2.41. The Hall–Kier alpha value is -2.18. The molecule has 1 aromatic heterocycles. The van der Waals surface area contributed by atoms with Crippen LogP contribution in [0.3, 0.4) is 0 Å². The van der Waals surface area contributed by atoms with E-state index in [2.05, 4.69) is 5.32 Å². The zero-order valence-corrected chi connectivity index (χ0v) is 15.8. The Labute approximate surface area is 157 Å². The number of benzene rings is 1. The number of aryl methyl sites for hydroxylation is 1. The largest absolute Gasteiger partial charge is 0.394 e. The molecule has 1 aliphatic rings. The molecule has 6 heteroatoms. The van der Waals surface area contributed by atoms with Gasteiger partial charge in [0.1, 0.15) is 0 Å². The van der Waals surface area contributed by atoms with E-state index >= 15 is 0 Å². The lowest BCUT2D eigenvalue weighted by Gasteiger charge is -2.40. The van der Waals surface area contributed by atoms with Crippen LogP contribution in [-0.4, -0.2) is 29.6 Å². The molecule has 0 aliphatic carbocycles. The molecule has 2 heterocycles. The molecule has 0 bridgehead atoms. The molecule has 2 amide bonds. The van der Waals surface area contributed by atoms with Crippen molar-refractivity contribution in [1.82, 2.24) is 5.32 Å². The van der Waals surface area contributed by atoms with E-state index in [4.69, 9.17) is 0 Å². The molecule has 0 unspecified atom stereocenters. The maximum atomic E-state index is 12.9. The first-order chi connectivity index (χ1) is 12.5. The van der Waals surface area contributed by atoms with E-state index in [9.17, 15) is 14.7 Å². The van der Waals surface area contributed by atoms with Gasteiger partial charge in [-0.1, -0.05) is 23.8 Å². The zero-order chi connectivity index (χ0) is 18.7. The topological polar surface area (TPSA) is 69.6 Å². The number of carbonyl (C=O) groups is 2. The molecule has 1 saturated heterocycles. The number of nitrogens with zero attached hydrogens (tertiary/aromatic N) is 1. The van der Waals surface area contributed by atoms with Crippen molar-refractivity contribution in [2.24, 2.45) is 5.92 Å². The Balaban J connectivity index is 1.99. The third kappa shape index (κ3) is 3.81. The Morgan fingerprint density at radius 2 is 2.08 bits per heavy atom. The van der Waals surface area contributed by atoms with Crippen LogP contribution in [0.2, 0.25) is 0 Å². The molecule has 2 N–H and O–H groups in total. The third-order valence-corrected chi connectivity index (χ3v) is 5.69. The van der Waals surface area contributed by atoms with Crippen molar-refractivity contribution in [2.75, 3.05) is 11.5 Å². The minimum Gasteiger partial charge on any atom is -0.394 e. The number of amides is 2. The van der Waals surface area contributed by atoms with Crippen LogP contribution in [-0.2, 0) is 9.59 Å². The van der Waals surface area contributed by atoms with Gasteiger partial charge in [-0.15, -0.1) is 11.3 Å². The number of thiophene rings is 1. The Kier molecular flexibility index (Phi) is 5.74. The molecule has 2 aromatic rings. The van der Waals surface area contributed by atoms with Crippen LogP contribution in [0, 0.1) is 12.8 Å². The number of rotatable bonds is 5. The van der Waals surface area contributed by atoms with Crippen molar-refractivity contribution in [3.8, 4) is 0 Å². The molecule has 0 saturated carbocycles. The Morgan fingerprint density at radius 3 is 2.69 bits per heavy atom. The van der Waals surface area contributed by atoms with E-state index in [1.54, 1.807) is 23.2 Å². The van der Waals surface area contributed by atoms with Gasteiger partial charge in [0.25, 0.3) is 0 Å². The molecule has 138 valence electrons. The van der Waals surface area contributed by atoms with Gasteiger partial charge >= 0.3 is 0 Å². The van der Waals surface area contributed by atoms with Crippen LogP contribution in [0.5, 0.6) is 0 Å². The number of hydrogen-bond acceptors (Lipinski definition) is 4. The predicted octanol–water partition coefficient (Wildman–Crippen LogP) is 3.04. The highest BCUT2D eigenvalue weighted by atomic mass is 32.1. The SMILES string of the molecule is Cc1ccc(N2C(=O)CC[C@H](C(=O)N[C@H](C)CO)[C@H]2c2cccs2)cc1. The van der Waals surface area contributed by atoms with Crippen molar-refractivity contribution in [3.05, 3.63) is 52.2 Å². The Bertz CT molecular complexity index is 758. The first-order valence-electron chi connectivity index (χ1n) is 8.84. The summed E-state index contributed by atoms with van der Waals surface area (Å²) in [5.74, 6) is -0.428. The maximum Gasteiger partial charge on any atom is 0.227 e. The standard InChI is InChI=1S/C20H24N2O3S/c1-13-5-7-15(8-6-13)22-18(24)10-9-16(20(25)21-14(2)12-23)19(22)17-4-3-11-26-17/h3-8,11,14,16,19,23H,9-10,12H2,1-2H3,(H,21,25)/t14-,16+,19+/m1/s1. The molecule has 0 radical (unpaired) electrons. The van der Waals surface area contributed by atoms with E-state index in [1.165, 1.54) is 0 Å². The second-order valence-corrected chi connectivity index (χ2v) is 7.78. The van der Waals surface area contributed by atoms with Crippen molar-refractivity contribution in [2.45, 2.75) is 38.8 Å². The van der Waals surface area contributed by atoms with E-state index in [0.717, 1.165) is 16.1 Å². The third-order valence-electron chi connectivity index (χ3n) is 4.74. The summed E-state index contributed by atoms with van der Waals surface area (Å²) >= 11 is 1.56. The highest BCUT2D eigenvalue weighted by Gasteiger charge is 2.42. The number of aliphatic hydroxyl groups is 1. The van der Waals surface area contributed by atoms with Crippen LogP contribution in [0.4, 0.5) is 5.69 Å². The second kappa shape index (κ2) is 8.01. The Morgan fingerprint density at radius 1 is 1.35 bits per heavy atom. The molecular formula is C20H24N2O3S. The summed E-state index contributed by atoms with van der Waals surface area (Å²) in [4.78, 5) is 28.4. The van der Waals surface area contributed by atoms with E-state index in [1.807, 2.05) is 48.7 Å². The lowest BCUT2D eigenvalue weighted by atomic mass is 9.86. The number of anilines is 1. The normalized spacial score (nSPS) is 21.5. The molecule has 1 fully saturated rings. The van der Waals surface area contributed by atoms with Crippen LogP contribution < -0.4 is 10.2 Å². The average Bonchev–Trinajstić information content (AvgIpc) is 3.16. The van der Waals surface area contributed by atoms with Gasteiger partial charge in [-0.2, -0.15) is 0 Å². The van der Waals surface area contributed by atoms with Crippen LogP contribution in [0.25, 0.3) is 0 Å². The summed E-state index contributed by atoms with van der Waals surface area (Å²) in [5.41, 5.74) is 1.93. The van der Waals surface area contributed by atoms with Crippen molar-refractivity contribution >= 4 is 28.8 Å². The van der Waals surface area contributed by atoms with E-state index in [0.29, 0.717) is 12.8 Å². The molecule has 3 rings (SSSR count). The fraction of sp³-hybridized carbons (Fsp3) is 0.400. The molecular weight excluding hydrogens is 348 g/mol. The number of aliphatic hydroxyl groups excluding tert-OH is 1. The quantitative estimate of drug-likeness (QED) is 0.848. The fourth-order valence-electron chi connectivity index (χ4n) is 3.36. The van der Waals surface area contributed by atoms with Crippen molar-refractivity contribution in [1.29, 1.82) is 0 Å². The van der Waals surface area contributed by atoms with Crippen LogP contribution in [0.1, 0.15) is 36.2 Å². The summed E-state index contributed by atoms with van der Waals surface area (Å²) < 4.78 is 0. The minimum atomic E-state index is -0.346. The van der Waals surface area contributed by atoms with Crippen LogP contribution in [0.15, 0.2) is 41.8 Å². The van der Waals surface area contributed by atoms with Crippen LogP contribution >= 0.6 is 11.3 Å². The second-order valence-electron chi connectivity index (χ2n) is 6.80. The molecule has 26 heavy (non-hydrogen) atoms. The van der Waals surface area contributed by atoms with E-state index in [-0.39, 0.29) is 36.4 Å². The smallest absolute Gasteiger partial charge is 0.227 e. The lowest BCUT2D eigenvalue weighted by Crippen LogP contribution is -2.49. The summed E-state index contributed by atoms with van der Waals surface area (Å²) in [5, 5.41) is 14.1. The van der Waals surface area contributed by atoms with E-state index < -0.39 is 0 Å². The molecule has 3 atom stereocenters. The van der Waals surface area contributed by atoms with Gasteiger partial charge in [-0.3, -0.25) is 9.59 Å². The predicted molar refractivity (Wildman–Crippen MR) is 103 cm³/mol. The maximum absolute atomic E-state index is 12.9. The van der Waals surface area contributed by atoms with Gasteiger partial charge < -0.3 is 15.3 Å². The molecule has 1 aliphatic heterocycles. The summed E-state index contributed by atoms with van der Waals surface area (Å²) in [7, 11) is 0.